The zero-order chi connectivity index (χ0) is 18.0. The van der Waals surface area contributed by atoms with Crippen molar-refractivity contribution in [2.75, 3.05) is 0 Å². The molecule has 1 saturated carbocycles. The Bertz CT molecular complexity index is 884. The fourth-order valence-electron chi connectivity index (χ4n) is 3.55. The highest BCUT2D eigenvalue weighted by molar-refractivity contribution is 5.76. The third-order valence-corrected chi connectivity index (χ3v) is 4.97. The molecule has 0 atom stereocenters. The molecule has 0 saturated heterocycles. The lowest BCUT2D eigenvalue weighted by molar-refractivity contribution is -0.122. The molecule has 1 N–H and O–H groups in total. The van der Waals surface area contributed by atoms with Crippen molar-refractivity contribution in [1.29, 1.82) is 0 Å². The predicted octanol–water partition coefficient (Wildman–Crippen LogP) is 0.663. The molecule has 1 fully saturated rings. The minimum absolute atomic E-state index is 0.132. The first kappa shape index (κ1) is 17.4. The highest BCUT2D eigenvalue weighted by atomic mass is 16.2. The topological polar surface area (TPSA) is 90.9 Å². The van der Waals surface area contributed by atoms with Gasteiger partial charge in [0, 0.05) is 20.1 Å². The molecular formula is C17H25N5O3. The van der Waals surface area contributed by atoms with Gasteiger partial charge in [-0.25, -0.2) is 14.3 Å². The van der Waals surface area contributed by atoms with Gasteiger partial charge in [-0.2, -0.15) is 0 Å². The second-order valence-corrected chi connectivity index (χ2v) is 6.87. The van der Waals surface area contributed by atoms with Crippen molar-refractivity contribution in [3.63, 3.8) is 0 Å². The smallest absolute Gasteiger partial charge is 0.332 e. The monoisotopic (exact) mass is 347 g/mol. The number of hydrogen-bond donors (Lipinski definition) is 1. The molecule has 0 bridgehead atoms. The molecule has 0 aromatic carbocycles. The number of hydrogen-bond acceptors (Lipinski definition) is 4. The number of rotatable bonds is 3. The van der Waals surface area contributed by atoms with E-state index in [1.54, 1.807) is 18.7 Å². The third-order valence-electron chi connectivity index (χ3n) is 4.97. The third kappa shape index (κ3) is 3.52. The standard InChI is InChI=1S/C17H25N5O3/c1-20-11-18-15-14(20)16(24)22(17(25)21(15)2)10-13(23)19-12-8-6-4-3-5-7-9-12/h11-12H,3-10H2,1-2H3,(H,19,23). The Balaban J connectivity index is 1.82. The quantitative estimate of drug-likeness (QED) is 0.883. The van der Waals surface area contributed by atoms with Crippen LogP contribution in [0.2, 0.25) is 0 Å². The number of carbonyl (C=O) groups excluding carboxylic acids is 1. The first-order valence-electron chi connectivity index (χ1n) is 8.89. The van der Waals surface area contributed by atoms with Crippen molar-refractivity contribution < 1.29 is 4.79 Å². The number of fused-ring (bicyclic) bond motifs is 1. The van der Waals surface area contributed by atoms with E-state index in [0.717, 1.165) is 30.3 Å². The first-order chi connectivity index (χ1) is 12.0. The van der Waals surface area contributed by atoms with Crippen LogP contribution in [0.15, 0.2) is 15.9 Å². The Morgan fingerprint density at radius 1 is 1.16 bits per heavy atom. The fourth-order valence-corrected chi connectivity index (χ4v) is 3.55. The summed E-state index contributed by atoms with van der Waals surface area (Å²) in [5.41, 5.74) is -0.357. The molecule has 1 aliphatic carbocycles. The van der Waals surface area contributed by atoms with Gasteiger partial charge in [0.15, 0.2) is 11.2 Å². The highest BCUT2D eigenvalue weighted by Crippen LogP contribution is 2.17. The van der Waals surface area contributed by atoms with Gasteiger partial charge in [-0.1, -0.05) is 32.1 Å². The number of amides is 1. The van der Waals surface area contributed by atoms with Crippen molar-refractivity contribution in [3.05, 3.63) is 27.2 Å². The lowest BCUT2D eigenvalue weighted by Crippen LogP contribution is -2.45. The zero-order valence-corrected chi connectivity index (χ0v) is 14.8. The van der Waals surface area contributed by atoms with Gasteiger partial charge in [-0.05, 0) is 12.8 Å². The molecule has 8 heteroatoms. The molecule has 0 spiro atoms. The number of imidazole rings is 1. The van der Waals surface area contributed by atoms with Crippen molar-refractivity contribution >= 4 is 17.1 Å². The molecule has 0 unspecified atom stereocenters. The van der Waals surface area contributed by atoms with Crippen molar-refractivity contribution in [2.45, 2.75) is 57.5 Å². The van der Waals surface area contributed by atoms with Crippen LogP contribution in [0.3, 0.4) is 0 Å². The highest BCUT2D eigenvalue weighted by Gasteiger charge is 2.19. The SMILES string of the molecule is Cn1cnc2c1c(=O)n(CC(=O)NC1CCCCCCC1)c(=O)n2C. The molecule has 1 amide bonds. The summed E-state index contributed by atoms with van der Waals surface area (Å²) in [5, 5.41) is 3.00. The van der Waals surface area contributed by atoms with E-state index in [4.69, 9.17) is 0 Å². The summed E-state index contributed by atoms with van der Waals surface area (Å²) in [6, 6.07) is 0.132. The van der Waals surface area contributed by atoms with Crippen molar-refractivity contribution in [1.82, 2.24) is 24.0 Å². The lowest BCUT2D eigenvalue weighted by atomic mass is 9.97. The van der Waals surface area contributed by atoms with Gasteiger partial charge in [-0.15, -0.1) is 0 Å². The second kappa shape index (κ2) is 7.25. The number of carbonyl (C=O) groups is 1. The van der Waals surface area contributed by atoms with Gasteiger partial charge in [-0.3, -0.25) is 14.2 Å². The van der Waals surface area contributed by atoms with Gasteiger partial charge in [0.1, 0.15) is 6.54 Å². The first-order valence-corrected chi connectivity index (χ1v) is 8.89. The maximum atomic E-state index is 12.6. The Labute approximate surface area is 145 Å². The Morgan fingerprint density at radius 3 is 2.48 bits per heavy atom. The van der Waals surface area contributed by atoms with Crippen LogP contribution >= 0.6 is 0 Å². The molecule has 2 aromatic heterocycles. The van der Waals surface area contributed by atoms with E-state index in [9.17, 15) is 14.4 Å². The van der Waals surface area contributed by atoms with E-state index in [1.807, 2.05) is 0 Å². The van der Waals surface area contributed by atoms with Gasteiger partial charge < -0.3 is 9.88 Å². The summed E-state index contributed by atoms with van der Waals surface area (Å²) in [4.78, 5) is 41.6. The molecule has 0 radical (unpaired) electrons. The molecule has 2 heterocycles. The van der Waals surface area contributed by atoms with E-state index in [0.29, 0.717) is 11.2 Å². The van der Waals surface area contributed by atoms with Crippen LogP contribution in [0.1, 0.15) is 44.9 Å². The molecule has 1 aliphatic rings. The number of nitrogens with one attached hydrogen (secondary N) is 1. The lowest BCUT2D eigenvalue weighted by Gasteiger charge is -2.21. The maximum absolute atomic E-state index is 12.6. The second-order valence-electron chi connectivity index (χ2n) is 6.87. The van der Waals surface area contributed by atoms with E-state index in [-0.39, 0.29) is 18.5 Å². The average molecular weight is 347 g/mol. The normalized spacial score (nSPS) is 16.6. The zero-order valence-electron chi connectivity index (χ0n) is 14.8. The van der Waals surface area contributed by atoms with Crippen LogP contribution in [0.25, 0.3) is 11.2 Å². The van der Waals surface area contributed by atoms with Gasteiger partial charge in [0.2, 0.25) is 5.91 Å². The van der Waals surface area contributed by atoms with Gasteiger partial charge in [0.25, 0.3) is 5.56 Å². The maximum Gasteiger partial charge on any atom is 0.332 e. The largest absolute Gasteiger partial charge is 0.352 e. The van der Waals surface area contributed by atoms with Crippen LogP contribution in [0.5, 0.6) is 0 Å². The molecule has 3 rings (SSSR count). The predicted molar refractivity (Wildman–Crippen MR) is 94.5 cm³/mol. The molecule has 2 aromatic rings. The van der Waals surface area contributed by atoms with E-state index in [2.05, 4.69) is 10.3 Å². The van der Waals surface area contributed by atoms with Crippen molar-refractivity contribution in [3.8, 4) is 0 Å². The summed E-state index contributed by atoms with van der Waals surface area (Å²) in [6.07, 6.45) is 9.27. The van der Waals surface area contributed by atoms with Crippen LogP contribution < -0.4 is 16.6 Å². The van der Waals surface area contributed by atoms with Crippen LogP contribution in [-0.4, -0.2) is 30.6 Å². The Kier molecular flexibility index (Phi) is 5.06. The molecular weight excluding hydrogens is 322 g/mol. The Hall–Kier alpha value is -2.38. The summed E-state index contributed by atoms with van der Waals surface area (Å²) in [6.45, 7) is -0.261. The van der Waals surface area contributed by atoms with Crippen molar-refractivity contribution in [2.24, 2.45) is 14.1 Å². The minimum atomic E-state index is -0.524. The number of nitrogens with zero attached hydrogens (tertiary/aromatic N) is 4. The van der Waals surface area contributed by atoms with E-state index < -0.39 is 11.2 Å². The average Bonchev–Trinajstić information content (AvgIpc) is 2.94. The fraction of sp³-hybridized carbons (Fsp3) is 0.647. The molecule has 0 aliphatic heterocycles. The summed E-state index contributed by atoms with van der Waals surface area (Å²) in [7, 11) is 3.25. The van der Waals surface area contributed by atoms with Crippen LogP contribution in [0.4, 0.5) is 0 Å². The summed E-state index contributed by atoms with van der Waals surface area (Å²) < 4.78 is 3.86. The van der Waals surface area contributed by atoms with Crippen LogP contribution in [0, 0.1) is 0 Å². The molecule has 8 nitrogen and oxygen atoms in total. The van der Waals surface area contributed by atoms with Gasteiger partial charge in [0.05, 0.1) is 6.33 Å². The minimum Gasteiger partial charge on any atom is -0.352 e. The molecule has 136 valence electrons. The summed E-state index contributed by atoms with van der Waals surface area (Å²) in [5.74, 6) is -0.286. The van der Waals surface area contributed by atoms with E-state index >= 15 is 0 Å². The number of aromatic nitrogens is 4. The Morgan fingerprint density at radius 2 is 1.80 bits per heavy atom. The summed E-state index contributed by atoms with van der Waals surface area (Å²) >= 11 is 0. The van der Waals surface area contributed by atoms with Crippen LogP contribution in [-0.2, 0) is 25.4 Å². The van der Waals surface area contributed by atoms with E-state index in [1.165, 1.54) is 30.2 Å². The molecule has 25 heavy (non-hydrogen) atoms. The van der Waals surface area contributed by atoms with Gasteiger partial charge >= 0.3 is 5.69 Å². The number of aryl methyl sites for hydroxylation is 2.